The van der Waals surface area contributed by atoms with E-state index in [9.17, 15) is 18.0 Å². The molecule has 3 aliphatic rings. The quantitative estimate of drug-likeness (QED) is 0.551. The summed E-state index contributed by atoms with van der Waals surface area (Å²) in [6, 6.07) is 4.34. The Morgan fingerprint density at radius 3 is 2.42 bits per heavy atom. The number of halogens is 1. The molecule has 1 aliphatic heterocycles. The summed E-state index contributed by atoms with van der Waals surface area (Å²) in [5.74, 6) is -0.271. The zero-order valence-electron chi connectivity index (χ0n) is 18.8. The van der Waals surface area contributed by atoms with Crippen LogP contribution >= 0.6 is 11.6 Å². The number of esters is 1. The fourth-order valence-corrected chi connectivity index (χ4v) is 6.19. The molecule has 0 radical (unpaired) electrons. The van der Waals surface area contributed by atoms with E-state index in [2.05, 4.69) is 0 Å². The number of aromatic nitrogens is 1. The van der Waals surface area contributed by atoms with E-state index in [0.29, 0.717) is 33.5 Å². The first-order valence-corrected chi connectivity index (χ1v) is 13.3. The van der Waals surface area contributed by atoms with Crippen LogP contribution in [0.15, 0.2) is 27.9 Å². The van der Waals surface area contributed by atoms with Crippen molar-refractivity contribution in [3.63, 3.8) is 0 Å². The van der Waals surface area contributed by atoms with Crippen molar-refractivity contribution in [2.45, 2.75) is 75.4 Å². The number of hydrogen-bond acceptors (Lipinski definition) is 6. The Kier molecular flexibility index (Phi) is 5.36. The van der Waals surface area contributed by atoms with Crippen molar-refractivity contribution < 1.29 is 22.7 Å². The molecule has 2 aliphatic carbocycles. The van der Waals surface area contributed by atoms with Crippen LogP contribution in [0.1, 0.15) is 68.4 Å². The van der Waals surface area contributed by atoms with Gasteiger partial charge in [0, 0.05) is 17.7 Å². The Bertz CT molecular complexity index is 1320. The first kappa shape index (κ1) is 22.5. The van der Waals surface area contributed by atoms with E-state index in [-0.39, 0.29) is 28.4 Å². The molecule has 2 heterocycles. The molecule has 0 N–H and O–H groups in total. The Morgan fingerprint density at radius 2 is 1.82 bits per heavy atom. The summed E-state index contributed by atoms with van der Waals surface area (Å²) in [7, 11) is -3.74. The number of benzene rings is 1. The zero-order chi connectivity index (χ0) is 23.7. The molecule has 7 nitrogen and oxygen atoms in total. The van der Waals surface area contributed by atoms with Crippen molar-refractivity contribution in [2.24, 2.45) is 5.92 Å². The van der Waals surface area contributed by atoms with Crippen LogP contribution in [0, 0.1) is 5.92 Å². The molecule has 0 saturated heterocycles. The Morgan fingerprint density at radius 1 is 1.12 bits per heavy atom. The summed E-state index contributed by atoms with van der Waals surface area (Å²) in [6.45, 7) is 5.35. The molecule has 5 rings (SSSR count). The number of sulfone groups is 1. The van der Waals surface area contributed by atoms with Gasteiger partial charge in [0.1, 0.15) is 11.3 Å². The average molecular weight is 492 g/mol. The van der Waals surface area contributed by atoms with E-state index >= 15 is 0 Å². The van der Waals surface area contributed by atoms with Crippen molar-refractivity contribution in [1.82, 2.24) is 4.57 Å². The van der Waals surface area contributed by atoms with Crippen LogP contribution < -0.4 is 10.3 Å². The third-order valence-electron chi connectivity index (χ3n) is 6.36. The molecule has 33 heavy (non-hydrogen) atoms. The van der Waals surface area contributed by atoms with Gasteiger partial charge in [0.25, 0.3) is 5.56 Å². The number of rotatable bonds is 6. The molecule has 9 heteroatoms. The van der Waals surface area contributed by atoms with Crippen LogP contribution in [-0.2, 0) is 20.3 Å². The fourth-order valence-electron chi connectivity index (χ4n) is 4.42. The molecule has 1 aromatic heterocycles. The summed E-state index contributed by atoms with van der Waals surface area (Å²) < 4.78 is 39.3. The highest BCUT2D eigenvalue weighted by Crippen LogP contribution is 2.46. The van der Waals surface area contributed by atoms with E-state index in [0.717, 1.165) is 25.7 Å². The summed E-state index contributed by atoms with van der Waals surface area (Å²) in [6.07, 6.45) is 3.28. The smallest absolute Gasteiger partial charge is 0.344 e. The van der Waals surface area contributed by atoms with Crippen LogP contribution in [0.2, 0.25) is 5.02 Å². The number of nitrogens with zero attached hydrogens (tertiary/aromatic N) is 1. The van der Waals surface area contributed by atoms with Gasteiger partial charge in [-0.1, -0.05) is 11.6 Å². The van der Waals surface area contributed by atoms with E-state index in [1.807, 2.05) is 6.92 Å². The number of hydrogen-bond donors (Lipinski definition) is 0. The Labute approximate surface area is 197 Å². The van der Waals surface area contributed by atoms with Crippen LogP contribution in [-0.4, -0.2) is 31.2 Å². The molecule has 0 amide bonds. The topological polar surface area (TPSA) is 91.7 Å². The largest absolute Gasteiger partial charge is 0.489 e. The van der Waals surface area contributed by atoms with Gasteiger partial charge in [-0.05, 0) is 70.1 Å². The predicted octanol–water partition coefficient (Wildman–Crippen LogP) is 4.53. The minimum absolute atomic E-state index is 0.0571. The lowest BCUT2D eigenvalue weighted by Crippen LogP contribution is -2.32. The average Bonchev–Trinajstić information content (AvgIpc) is 3.60. The van der Waals surface area contributed by atoms with Gasteiger partial charge in [-0.15, -0.1) is 0 Å². The SMILES string of the molecule is CC(C)OC(=O)c1cc2c(n(C3CC3)c1=O)-c1cc(Cl)c(O[C@@H](C)C3CC3)cc1S(=O)(=O)C2. The third kappa shape index (κ3) is 4.08. The van der Waals surface area contributed by atoms with Crippen molar-refractivity contribution in [1.29, 1.82) is 0 Å². The standard InChI is InChI=1S/C24H26ClNO6S/c1-12(2)31-24(28)18-8-15-11-33(29,30)21-10-20(32-13(3)14-4-5-14)19(25)9-17(21)22(15)26(23(18)27)16-6-7-16/h8-10,12-14,16H,4-7,11H2,1-3H3/t13-/m0/s1. The molecule has 2 fully saturated rings. The summed E-state index contributed by atoms with van der Waals surface area (Å²) in [5.41, 5.74) is 0.682. The zero-order valence-corrected chi connectivity index (χ0v) is 20.3. The number of pyridine rings is 1. The lowest BCUT2D eigenvalue weighted by atomic mass is 10.0. The Hall–Kier alpha value is -2.32. The highest BCUT2D eigenvalue weighted by Gasteiger charge is 2.38. The maximum atomic E-state index is 13.4. The van der Waals surface area contributed by atoms with E-state index in [1.54, 1.807) is 24.5 Å². The maximum Gasteiger partial charge on any atom is 0.344 e. The molecular weight excluding hydrogens is 466 g/mol. The van der Waals surface area contributed by atoms with Gasteiger partial charge >= 0.3 is 5.97 Å². The number of fused-ring (bicyclic) bond motifs is 3. The van der Waals surface area contributed by atoms with Crippen molar-refractivity contribution in [3.8, 4) is 17.0 Å². The first-order chi connectivity index (χ1) is 15.6. The molecule has 0 bridgehead atoms. The molecule has 2 saturated carbocycles. The van der Waals surface area contributed by atoms with Crippen LogP contribution in [0.5, 0.6) is 5.75 Å². The van der Waals surface area contributed by atoms with Gasteiger partial charge in [0.15, 0.2) is 9.84 Å². The molecular formula is C24H26ClNO6S. The van der Waals surface area contributed by atoms with Crippen molar-refractivity contribution >= 4 is 27.4 Å². The molecule has 2 aromatic rings. The van der Waals surface area contributed by atoms with Crippen LogP contribution in [0.3, 0.4) is 0 Å². The highest BCUT2D eigenvalue weighted by atomic mass is 35.5. The van der Waals surface area contributed by atoms with Gasteiger partial charge in [0.2, 0.25) is 0 Å². The summed E-state index contributed by atoms with van der Waals surface area (Å²) in [5, 5.41) is 0.294. The second kappa shape index (κ2) is 7.87. The Balaban J connectivity index is 1.69. The molecule has 0 unspecified atom stereocenters. The number of ether oxygens (including phenoxy) is 2. The third-order valence-corrected chi connectivity index (χ3v) is 8.35. The minimum atomic E-state index is -3.74. The fraction of sp³-hybridized carbons (Fsp3) is 0.500. The monoisotopic (exact) mass is 491 g/mol. The normalized spacial score (nSPS) is 19.5. The minimum Gasteiger partial charge on any atom is -0.489 e. The summed E-state index contributed by atoms with van der Waals surface area (Å²) >= 11 is 6.53. The van der Waals surface area contributed by atoms with Gasteiger partial charge in [0.05, 0.1) is 33.6 Å². The lowest BCUT2D eigenvalue weighted by molar-refractivity contribution is 0.0375. The van der Waals surface area contributed by atoms with Gasteiger partial charge in [-0.3, -0.25) is 4.79 Å². The van der Waals surface area contributed by atoms with E-state index in [4.69, 9.17) is 21.1 Å². The molecule has 176 valence electrons. The van der Waals surface area contributed by atoms with Gasteiger partial charge in [-0.25, -0.2) is 13.2 Å². The van der Waals surface area contributed by atoms with E-state index < -0.39 is 27.5 Å². The van der Waals surface area contributed by atoms with Crippen molar-refractivity contribution in [3.05, 3.63) is 44.7 Å². The predicted molar refractivity (Wildman–Crippen MR) is 124 cm³/mol. The first-order valence-electron chi connectivity index (χ1n) is 11.3. The van der Waals surface area contributed by atoms with Crippen LogP contribution in [0.4, 0.5) is 0 Å². The number of carbonyl (C=O) groups is 1. The molecule has 1 atom stereocenters. The van der Waals surface area contributed by atoms with Gasteiger partial charge < -0.3 is 14.0 Å². The molecule has 1 aromatic carbocycles. The second-order valence-corrected chi connectivity index (χ2v) is 11.9. The highest BCUT2D eigenvalue weighted by molar-refractivity contribution is 7.90. The molecule has 0 spiro atoms. The summed E-state index contributed by atoms with van der Waals surface area (Å²) in [4.78, 5) is 26.1. The lowest BCUT2D eigenvalue weighted by Gasteiger charge is -2.26. The second-order valence-electron chi connectivity index (χ2n) is 9.49. The van der Waals surface area contributed by atoms with Gasteiger partial charge in [-0.2, -0.15) is 0 Å². The number of carbonyl (C=O) groups excluding carboxylic acids is 1. The maximum absolute atomic E-state index is 13.4. The van der Waals surface area contributed by atoms with Crippen molar-refractivity contribution in [2.75, 3.05) is 0 Å². The van der Waals surface area contributed by atoms with Crippen LogP contribution in [0.25, 0.3) is 11.3 Å². The van der Waals surface area contributed by atoms with E-state index in [1.165, 1.54) is 12.1 Å².